The van der Waals surface area contributed by atoms with Gasteiger partial charge in [-0.05, 0) is 49.7 Å². The molecule has 0 aliphatic heterocycles. The molecule has 1 amide bonds. The van der Waals surface area contributed by atoms with Gasteiger partial charge in [-0.2, -0.15) is 5.10 Å². The van der Waals surface area contributed by atoms with Crippen molar-refractivity contribution in [1.29, 1.82) is 0 Å². The first-order valence-electron chi connectivity index (χ1n) is 8.73. The number of nitrogens with zero attached hydrogens (tertiary/aromatic N) is 3. The lowest BCUT2D eigenvalue weighted by Gasteiger charge is -2.43. The van der Waals surface area contributed by atoms with Crippen LogP contribution in [-0.2, 0) is 4.79 Å². The summed E-state index contributed by atoms with van der Waals surface area (Å²) in [7, 11) is 0. The van der Waals surface area contributed by atoms with Crippen molar-refractivity contribution in [3.8, 4) is 5.69 Å². The summed E-state index contributed by atoms with van der Waals surface area (Å²) in [5, 5.41) is 7.41. The Hall–Kier alpha value is -2.21. The van der Waals surface area contributed by atoms with E-state index in [1.807, 2.05) is 24.4 Å². The summed E-state index contributed by atoms with van der Waals surface area (Å²) in [6.45, 7) is 0. The zero-order valence-electron chi connectivity index (χ0n) is 13.6. The lowest BCUT2D eigenvalue weighted by atomic mass is 9.65. The molecule has 2 aliphatic carbocycles. The van der Waals surface area contributed by atoms with Gasteiger partial charge in [-0.1, -0.05) is 6.42 Å². The van der Waals surface area contributed by atoms with E-state index in [-0.39, 0.29) is 17.9 Å². The minimum atomic E-state index is 0.0613. The average Bonchev–Trinajstić information content (AvgIpc) is 3.04. The fourth-order valence-corrected chi connectivity index (χ4v) is 4.26. The number of anilines is 1. The predicted octanol–water partition coefficient (Wildman–Crippen LogP) is 2.36. The highest BCUT2D eigenvalue weighted by Gasteiger charge is 2.40. The molecule has 2 bridgehead atoms. The lowest BCUT2D eigenvalue weighted by Crippen LogP contribution is -2.48. The minimum Gasteiger partial charge on any atom is -0.327 e. The van der Waals surface area contributed by atoms with E-state index < -0.39 is 0 Å². The Morgan fingerprint density at radius 1 is 1.17 bits per heavy atom. The Morgan fingerprint density at radius 3 is 2.58 bits per heavy atom. The van der Waals surface area contributed by atoms with Crippen LogP contribution in [0.1, 0.15) is 32.1 Å². The Bertz CT molecular complexity index is 699. The number of carbonyl (C=O) groups excluding carboxylic acids is 1. The van der Waals surface area contributed by atoms with Crippen molar-refractivity contribution in [3.05, 3.63) is 36.8 Å². The Kier molecular flexibility index (Phi) is 4.06. The second-order valence-corrected chi connectivity index (χ2v) is 7.04. The van der Waals surface area contributed by atoms with Crippen molar-refractivity contribution < 1.29 is 4.79 Å². The van der Waals surface area contributed by atoms with Crippen molar-refractivity contribution in [2.45, 2.75) is 38.1 Å². The predicted molar refractivity (Wildman–Crippen MR) is 91.5 cm³/mol. The second-order valence-electron chi connectivity index (χ2n) is 7.04. The van der Waals surface area contributed by atoms with Crippen LogP contribution >= 0.6 is 0 Å². The molecule has 126 valence electrons. The number of amides is 1. The van der Waals surface area contributed by atoms with E-state index in [1.54, 1.807) is 17.1 Å². The Balaban J connectivity index is 1.42. The third-order valence-electron chi connectivity index (χ3n) is 5.55. The summed E-state index contributed by atoms with van der Waals surface area (Å²) < 4.78 is 1.74. The molecule has 0 aromatic carbocycles. The summed E-state index contributed by atoms with van der Waals surface area (Å²) in [4.78, 5) is 16.6. The summed E-state index contributed by atoms with van der Waals surface area (Å²) in [6, 6.07) is 5.87. The molecule has 4 rings (SSSR count). The van der Waals surface area contributed by atoms with E-state index in [0.29, 0.717) is 17.7 Å². The first-order chi connectivity index (χ1) is 11.7. The fourth-order valence-electron chi connectivity index (χ4n) is 4.26. The maximum atomic E-state index is 12.6. The van der Waals surface area contributed by atoms with Crippen molar-refractivity contribution >= 4 is 11.7 Å². The van der Waals surface area contributed by atoms with Crippen LogP contribution in [0.3, 0.4) is 0 Å². The molecule has 3 N–H and O–H groups in total. The highest BCUT2D eigenvalue weighted by molar-refractivity contribution is 5.91. The zero-order valence-corrected chi connectivity index (χ0v) is 13.6. The van der Waals surface area contributed by atoms with Gasteiger partial charge in [0.15, 0.2) is 5.82 Å². The average molecular weight is 325 g/mol. The molecular formula is C18H23N5O. The highest BCUT2D eigenvalue weighted by Crippen LogP contribution is 2.42. The quantitative estimate of drug-likeness (QED) is 0.907. The molecular weight excluding hydrogens is 302 g/mol. The van der Waals surface area contributed by atoms with E-state index in [1.165, 1.54) is 6.42 Å². The molecule has 2 atom stereocenters. The number of carbonyl (C=O) groups is 1. The van der Waals surface area contributed by atoms with Crippen LogP contribution in [0.5, 0.6) is 0 Å². The van der Waals surface area contributed by atoms with Gasteiger partial charge in [0.25, 0.3) is 0 Å². The third-order valence-corrected chi connectivity index (χ3v) is 5.55. The van der Waals surface area contributed by atoms with E-state index >= 15 is 0 Å². The van der Waals surface area contributed by atoms with Crippen molar-refractivity contribution in [2.24, 2.45) is 23.5 Å². The number of hydrogen-bond donors (Lipinski definition) is 2. The molecule has 0 radical (unpaired) electrons. The van der Waals surface area contributed by atoms with E-state index in [2.05, 4.69) is 15.4 Å². The largest absolute Gasteiger partial charge is 0.327 e. The van der Waals surface area contributed by atoms with Gasteiger partial charge in [0.1, 0.15) is 0 Å². The third kappa shape index (κ3) is 2.94. The summed E-state index contributed by atoms with van der Waals surface area (Å²) >= 11 is 0. The molecule has 24 heavy (non-hydrogen) atoms. The molecule has 0 spiro atoms. The lowest BCUT2D eigenvalue weighted by molar-refractivity contribution is -0.122. The van der Waals surface area contributed by atoms with Gasteiger partial charge in [-0.25, -0.2) is 4.68 Å². The minimum absolute atomic E-state index is 0.0613. The van der Waals surface area contributed by atoms with Crippen molar-refractivity contribution in [1.82, 2.24) is 14.8 Å². The summed E-state index contributed by atoms with van der Waals surface area (Å²) in [5.74, 6) is 1.74. The Labute approximate surface area is 141 Å². The monoisotopic (exact) mass is 325 g/mol. The van der Waals surface area contributed by atoms with Crippen LogP contribution in [0.25, 0.3) is 5.69 Å². The SMILES string of the molecule is NC1C2CCCC1CC(C(=O)Nc1ccn(-c3ccncc3)n1)C2. The maximum Gasteiger partial charge on any atom is 0.228 e. The van der Waals surface area contributed by atoms with Crippen LogP contribution in [0, 0.1) is 17.8 Å². The number of nitrogens with one attached hydrogen (secondary N) is 1. The molecule has 2 aliphatic rings. The molecule has 2 saturated carbocycles. The first-order valence-corrected chi connectivity index (χ1v) is 8.73. The van der Waals surface area contributed by atoms with Crippen molar-refractivity contribution in [2.75, 3.05) is 5.32 Å². The van der Waals surface area contributed by atoms with Gasteiger partial charge in [0.05, 0.1) is 5.69 Å². The molecule has 0 saturated heterocycles. The van der Waals surface area contributed by atoms with E-state index in [4.69, 9.17) is 5.73 Å². The highest BCUT2D eigenvalue weighted by atomic mass is 16.2. The number of rotatable bonds is 3. The van der Waals surface area contributed by atoms with E-state index in [9.17, 15) is 4.79 Å². The molecule has 2 unspecified atom stereocenters. The van der Waals surface area contributed by atoms with Crippen LogP contribution in [-0.4, -0.2) is 26.7 Å². The van der Waals surface area contributed by atoms with Gasteiger partial charge in [-0.15, -0.1) is 0 Å². The molecule has 6 heteroatoms. The molecule has 6 nitrogen and oxygen atoms in total. The summed E-state index contributed by atoms with van der Waals surface area (Å²) in [5.41, 5.74) is 7.23. The van der Waals surface area contributed by atoms with Gasteiger partial charge < -0.3 is 11.1 Å². The zero-order chi connectivity index (χ0) is 16.5. The van der Waals surface area contributed by atoms with Gasteiger partial charge in [0.2, 0.25) is 5.91 Å². The maximum absolute atomic E-state index is 12.6. The fraction of sp³-hybridized carbons (Fsp3) is 0.500. The van der Waals surface area contributed by atoms with Gasteiger partial charge in [-0.3, -0.25) is 9.78 Å². The number of aromatic nitrogens is 3. The number of nitrogens with two attached hydrogens (primary N) is 1. The van der Waals surface area contributed by atoms with Crippen molar-refractivity contribution in [3.63, 3.8) is 0 Å². The second kappa shape index (κ2) is 6.36. The number of fused-ring (bicyclic) bond motifs is 2. The van der Waals surface area contributed by atoms with Crippen LogP contribution < -0.4 is 11.1 Å². The Morgan fingerprint density at radius 2 is 1.88 bits per heavy atom. The van der Waals surface area contributed by atoms with Crippen LogP contribution in [0.4, 0.5) is 5.82 Å². The number of hydrogen-bond acceptors (Lipinski definition) is 4. The first kappa shape index (κ1) is 15.3. The molecule has 2 fully saturated rings. The molecule has 2 aromatic rings. The summed E-state index contributed by atoms with van der Waals surface area (Å²) in [6.07, 6.45) is 10.7. The van der Waals surface area contributed by atoms with E-state index in [0.717, 1.165) is 31.4 Å². The molecule has 2 heterocycles. The molecule has 2 aromatic heterocycles. The van der Waals surface area contributed by atoms with Crippen LogP contribution in [0.2, 0.25) is 0 Å². The standard InChI is InChI=1S/C18H23N5O/c19-17-12-2-1-3-13(17)11-14(10-12)18(24)21-16-6-9-23(22-16)15-4-7-20-8-5-15/h4-9,12-14,17H,1-3,10-11,19H2,(H,21,22,24). The van der Waals surface area contributed by atoms with Crippen LogP contribution in [0.15, 0.2) is 36.8 Å². The van der Waals surface area contributed by atoms with Gasteiger partial charge >= 0.3 is 0 Å². The smallest absolute Gasteiger partial charge is 0.228 e. The normalized spacial score (nSPS) is 29.2. The number of pyridine rings is 1. The topological polar surface area (TPSA) is 85.8 Å². The van der Waals surface area contributed by atoms with Gasteiger partial charge in [0, 0.05) is 36.6 Å².